The molecule has 0 saturated heterocycles. The van der Waals surface area contributed by atoms with Crippen molar-refractivity contribution in [1.29, 1.82) is 0 Å². The summed E-state index contributed by atoms with van der Waals surface area (Å²) in [6.45, 7) is 2.98. The van der Waals surface area contributed by atoms with Crippen molar-refractivity contribution in [3.8, 4) is 22.2 Å². The van der Waals surface area contributed by atoms with Crippen molar-refractivity contribution >= 4 is 33.4 Å². The molecule has 2 aromatic heterocycles. The lowest BCUT2D eigenvalue weighted by Crippen LogP contribution is -2.41. The molecule has 2 atom stereocenters. The summed E-state index contributed by atoms with van der Waals surface area (Å²) in [5.74, 6) is -1.07. The summed E-state index contributed by atoms with van der Waals surface area (Å²) in [5, 5.41) is 14.7. The molecule has 0 spiro atoms. The zero-order valence-electron chi connectivity index (χ0n) is 20.9. The number of hydrogen-bond acceptors (Lipinski definition) is 8. The molecule has 9 nitrogen and oxygen atoms in total. The molecule has 0 bridgehead atoms. The Kier molecular flexibility index (Phi) is 6.28. The highest BCUT2D eigenvalue weighted by atomic mass is 32.1. The van der Waals surface area contributed by atoms with Gasteiger partial charge in [0, 0.05) is 18.1 Å². The first-order valence-electron chi connectivity index (χ1n) is 11.7. The second-order valence-corrected chi connectivity index (χ2v) is 10.5. The van der Waals surface area contributed by atoms with E-state index in [-0.39, 0.29) is 20.3 Å². The molecular formula is C27H27FN4O5S. The maximum atomic E-state index is 13.6. The number of benzene rings is 2. The van der Waals surface area contributed by atoms with Gasteiger partial charge in [0.25, 0.3) is 11.1 Å². The highest BCUT2D eigenvalue weighted by molar-refractivity contribution is 7.20. The van der Waals surface area contributed by atoms with E-state index in [1.54, 1.807) is 31.2 Å². The van der Waals surface area contributed by atoms with Crippen molar-refractivity contribution in [2.24, 2.45) is 5.73 Å². The Bertz CT molecular complexity index is 1580. The predicted octanol–water partition coefficient (Wildman–Crippen LogP) is 3.52. The lowest BCUT2D eigenvalue weighted by molar-refractivity contribution is -0.123. The van der Waals surface area contributed by atoms with Crippen LogP contribution in [0.2, 0.25) is 0 Å². The van der Waals surface area contributed by atoms with E-state index >= 15 is 0 Å². The van der Waals surface area contributed by atoms with Gasteiger partial charge in [0.2, 0.25) is 5.91 Å². The second-order valence-electron chi connectivity index (χ2n) is 9.55. The molecule has 38 heavy (non-hydrogen) atoms. The number of aliphatic hydroxyl groups is 1. The summed E-state index contributed by atoms with van der Waals surface area (Å²) in [6.07, 6.45) is 0. The zero-order valence-corrected chi connectivity index (χ0v) is 21.7. The van der Waals surface area contributed by atoms with Crippen LogP contribution >= 0.6 is 11.3 Å². The molecule has 0 fully saturated rings. The van der Waals surface area contributed by atoms with Crippen LogP contribution in [0, 0.1) is 5.82 Å². The maximum absolute atomic E-state index is 13.6. The molecule has 2 amide bonds. The van der Waals surface area contributed by atoms with Gasteiger partial charge in [-0.1, -0.05) is 11.3 Å². The van der Waals surface area contributed by atoms with E-state index in [4.69, 9.17) is 15.2 Å². The molecule has 0 saturated carbocycles. The number of amides is 2. The summed E-state index contributed by atoms with van der Waals surface area (Å²) in [5.41, 5.74) is 5.53. The van der Waals surface area contributed by atoms with Crippen LogP contribution in [0.4, 0.5) is 4.39 Å². The minimum absolute atomic E-state index is 0. The van der Waals surface area contributed by atoms with Gasteiger partial charge in [-0.05, 0) is 62.4 Å². The van der Waals surface area contributed by atoms with Crippen molar-refractivity contribution in [3.63, 3.8) is 0 Å². The fraction of sp³-hybridized carbons (Fsp3) is 0.259. The number of aromatic nitrogens is 2. The molecule has 11 heteroatoms. The smallest absolute Gasteiger partial charge is 0.274 e. The minimum atomic E-state index is -1.64. The Hall–Kier alpha value is -4.09. The van der Waals surface area contributed by atoms with Crippen LogP contribution in [0.5, 0.6) is 10.9 Å². The normalized spacial score (nSPS) is 17.9. The van der Waals surface area contributed by atoms with Gasteiger partial charge in [-0.2, -0.15) is 0 Å². The van der Waals surface area contributed by atoms with Gasteiger partial charge in [-0.25, -0.2) is 14.4 Å². The Labute approximate surface area is 222 Å². The molecule has 1 aliphatic rings. The maximum Gasteiger partial charge on any atom is 0.274 e. The third-order valence-corrected chi connectivity index (χ3v) is 7.66. The number of pyridine rings is 1. The van der Waals surface area contributed by atoms with Gasteiger partial charge in [0.15, 0.2) is 0 Å². The van der Waals surface area contributed by atoms with Gasteiger partial charge < -0.3 is 25.6 Å². The summed E-state index contributed by atoms with van der Waals surface area (Å²) in [4.78, 5) is 34.2. The number of primary amides is 1. The van der Waals surface area contributed by atoms with Gasteiger partial charge in [-0.3, -0.25) is 9.59 Å². The standard InChI is InChI=1S/C27H25FN4O5S.H2/c1-26(24(29)34)13-37-22-17(26)11-20(32-21(22)14-4-7-16(28)8-5-14)27(2,35)12-30-23(33)15-6-9-18-19(10-15)38-25(31-18)36-3;/h4-11,35H,12-13H2,1-3H3,(H2,29,34)(H,30,33);1H/t26-,27-;/m0./s1. The Morgan fingerprint density at radius 3 is 2.68 bits per heavy atom. The lowest BCUT2D eigenvalue weighted by Gasteiger charge is -2.26. The number of methoxy groups -OCH3 is 1. The number of halogens is 1. The lowest BCUT2D eigenvalue weighted by atomic mass is 9.82. The number of carbonyl (C=O) groups excluding carboxylic acids is 2. The number of thiazole rings is 1. The molecule has 0 aliphatic carbocycles. The van der Waals surface area contributed by atoms with Gasteiger partial charge in [0.05, 0.1) is 29.6 Å². The van der Waals surface area contributed by atoms with Gasteiger partial charge in [-0.15, -0.1) is 0 Å². The van der Waals surface area contributed by atoms with Crippen molar-refractivity contribution < 1.29 is 30.0 Å². The molecule has 4 aromatic rings. The molecule has 0 unspecified atom stereocenters. The Balaban J connectivity index is 0.00000353. The van der Waals surface area contributed by atoms with Crippen molar-refractivity contribution in [2.45, 2.75) is 24.9 Å². The number of carbonyl (C=O) groups is 2. The molecule has 4 N–H and O–H groups in total. The topological polar surface area (TPSA) is 137 Å². The van der Waals surface area contributed by atoms with Crippen LogP contribution in [0.25, 0.3) is 21.5 Å². The number of rotatable bonds is 7. The molecule has 5 rings (SSSR count). The Morgan fingerprint density at radius 2 is 2.00 bits per heavy atom. The molecule has 2 aromatic carbocycles. The first kappa shape index (κ1) is 25.6. The average molecular weight is 539 g/mol. The van der Waals surface area contributed by atoms with Crippen molar-refractivity contribution in [1.82, 2.24) is 15.3 Å². The van der Waals surface area contributed by atoms with E-state index in [9.17, 15) is 19.1 Å². The first-order valence-corrected chi connectivity index (χ1v) is 12.5. The summed E-state index contributed by atoms with van der Waals surface area (Å²) >= 11 is 1.32. The van der Waals surface area contributed by atoms with Crippen LogP contribution in [-0.4, -0.2) is 47.2 Å². The van der Waals surface area contributed by atoms with E-state index in [2.05, 4.69) is 15.3 Å². The third kappa shape index (κ3) is 4.44. The second kappa shape index (κ2) is 9.34. The number of ether oxygens (including phenoxy) is 2. The summed E-state index contributed by atoms with van der Waals surface area (Å²) in [7, 11) is 1.53. The average Bonchev–Trinajstić information content (AvgIpc) is 3.48. The quantitative estimate of drug-likeness (QED) is 0.327. The van der Waals surface area contributed by atoms with Crippen LogP contribution < -0.4 is 20.5 Å². The van der Waals surface area contributed by atoms with Crippen LogP contribution in [-0.2, 0) is 15.8 Å². The highest BCUT2D eigenvalue weighted by Crippen LogP contribution is 2.45. The van der Waals surface area contributed by atoms with Crippen LogP contribution in [0.3, 0.4) is 0 Å². The van der Waals surface area contributed by atoms with Gasteiger partial charge >= 0.3 is 0 Å². The Morgan fingerprint density at radius 1 is 1.26 bits per heavy atom. The van der Waals surface area contributed by atoms with Gasteiger partial charge in [0.1, 0.15) is 34.9 Å². The number of nitrogens with two attached hydrogens (primary N) is 1. The molecule has 3 heterocycles. The largest absolute Gasteiger partial charge is 0.489 e. The SMILES string of the molecule is COc1nc2ccc(C(=O)NC[C@](C)(O)c3cc4c(c(-c5ccc(F)cc5)n3)OC[C@]4(C)C(N)=O)cc2s1.[HH]. The zero-order chi connectivity index (χ0) is 27.2. The van der Waals surface area contributed by atoms with Crippen LogP contribution in [0.1, 0.15) is 36.9 Å². The van der Waals surface area contributed by atoms with E-state index in [0.717, 1.165) is 4.70 Å². The number of nitrogens with one attached hydrogen (secondary N) is 1. The van der Waals surface area contributed by atoms with Crippen molar-refractivity contribution in [3.05, 3.63) is 71.2 Å². The fourth-order valence-electron chi connectivity index (χ4n) is 4.24. The minimum Gasteiger partial charge on any atom is -0.489 e. The monoisotopic (exact) mass is 538 g/mol. The third-order valence-electron chi connectivity index (χ3n) is 6.68. The molecular weight excluding hydrogens is 511 g/mol. The molecule has 1 aliphatic heterocycles. The van der Waals surface area contributed by atoms with Crippen LogP contribution in [0.15, 0.2) is 48.5 Å². The fourth-order valence-corrected chi connectivity index (χ4v) is 5.06. The molecule has 198 valence electrons. The first-order chi connectivity index (χ1) is 18.0. The summed E-state index contributed by atoms with van der Waals surface area (Å²) < 4.78 is 25.4. The van der Waals surface area contributed by atoms with E-state index in [0.29, 0.717) is 38.8 Å². The highest BCUT2D eigenvalue weighted by Gasteiger charge is 2.45. The number of fused-ring (bicyclic) bond motifs is 2. The van der Waals surface area contributed by atoms with Crippen molar-refractivity contribution in [2.75, 3.05) is 20.3 Å². The van der Waals surface area contributed by atoms with E-state index in [1.807, 2.05) is 0 Å². The molecule has 0 radical (unpaired) electrons. The van der Waals surface area contributed by atoms with E-state index in [1.165, 1.54) is 49.6 Å². The number of nitrogens with zero attached hydrogens (tertiary/aromatic N) is 2. The van der Waals surface area contributed by atoms with E-state index < -0.39 is 28.6 Å². The number of hydrogen-bond donors (Lipinski definition) is 3. The predicted molar refractivity (Wildman–Crippen MR) is 142 cm³/mol. The summed E-state index contributed by atoms with van der Waals surface area (Å²) in [6, 6.07) is 12.3.